The zero-order valence-corrected chi connectivity index (χ0v) is 15.2. The van der Waals surface area contributed by atoms with Crippen LogP contribution in [-0.2, 0) is 21.1 Å². The number of rotatable bonds is 7. The second-order valence-corrected chi connectivity index (χ2v) is 7.98. The smallest absolute Gasteiger partial charge is 0.236 e. The molecule has 3 N–H and O–H groups in total. The molecule has 0 bridgehead atoms. The Labute approximate surface area is 144 Å². The highest BCUT2D eigenvalue weighted by atomic mass is 79.9. The maximum atomic E-state index is 13.5. The van der Waals surface area contributed by atoms with Gasteiger partial charge < -0.3 is 11.1 Å². The van der Waals surface area contributed by atoms with E-state index in [1.807, 2.05) is 0 Å². The molecule has 126 valence electrons. The van der Waals surface area contributed by atoms with Crippen molar-refractivity contribution in [2.75, 3.05) is 18.6 Å². The fourth-order valence-corrected chi connectivity index (χ4v) is 2.75. The number of hydrogen-bond acceptors (Lipinski definition) is 4. The van der Waals surface area contributed by atoms with Crippen LogP contribution in [0.2, 0.25) is 0 Å². The fourth-order valence-electron chi connectivity index (χ4n) is 1.66. The summed E-state index contributed by atoms with van der Waals surface area (Å²) in [5.41, 5.74) is 6.08. The quantitative estimate of drug-likeness (QED) is 0.702. The van der Waals surface area contributed by atoms with Crippen LogP contribution >= 0.6 is 28.3 Å². The van der Waals surface area contributed by atoms with Crippen LogP contribution in [0.4, 0.5) is 4.39 Å². The summed E-state index contributed by atoms with van der Waals surface area (Å²) in [7, 11) is -3.14. The zero-order valence-electron chi connectivity index (χ0n) is 12.0. The van der Waals surface area contributed by atoms with Gasteiger partial charge in [-0.15, -0.1) is 12.4 Å². The summed E-state index contributed by atoms with van der Waals surface area (Å²) >= 11 is 3.25. The largest absolute Gasteiger partial charge is 0.354 e. The first-order valence-electron chi connectivity index (χ1n) is 6.34. The summed E-state index contributed by atoms with van der Waals surface area (Å²) in [6.07, 6.45) is 1.49. The topological polar surface area (TPSA) is 89.3 Å². The van der Waals surface area contributed by atoms with Crippen LogP contribution in [0.1, 0.15) is 12.0 Å². The number of carbonyl (C=O) groups excluding carboxylic acids is 1. The van der Waals surface area contributed by atoms with E-state index in [2.05, 4.69) is 21.2 Å². The second-order valence-electron chi connectivity index (χ2n) is 4.80. The van der Waals surface area contributed by atoms with Crippen LogP contribution in [0.5, 0.6) is 0 Å². The van der Waals surface area contributed by atoms with Crippen molar-refractivity contribution in [2.45, 2.75) is 18.9 Å². The third-order valence-corrected chi connectivity index (χ3v) is 4.31. The van der Waals surface area contributed by atoms with Crippen molar-refractivity contribution in [3.05, 3.63) is 34.1 Å². The van der Waals surface area contributed by atoms with Crippen LogP contribution in [0, 0.1) is 5.82 Å². The third-order valence-electron chi connectivity index (χ3n) is 2.84. The minimum absolute atomic E-state index is 0. The molecule has 1 unspecified atom stereocenters. The molecule has 1 aromatic rings. The highest BCUT2D eigenvalue weighted by Gasteiger charge is 2.15. The number of benzene rings is 1. The van der Waals surface area contributed by atoms with E-state index in [1.54, 1.807) is 12.1 Å². The van der Waals surface area contributed by atoms with E-state index >= 15 is 0 Å². The number of sulfone groups is 1. The first kappa shape index (κ1) is 21.3. The molecular weight excluding hydrogens is 399 g/mol. The molecule has 1 aromatic carbocycles. The van der Waals surface area contributed by atoms with Gasteiger partial charge >= 0.3 is 0 Å². The molecule has 0 aliphatic rings. The van der Waals surface area contributed by atoms with E-state index in [9.17, 15) is 17.6 Å². The number of carbonyl (C=O) groups is 1. The molecule has 0 radical (unpaired) electrons. The lowest BCUT2D eigenvalue weighted by molar-refractivity contribution is -0.122. The lowest BCUT2D eigenvalue weighted by atomic mass is 10.1. The highest BCUT2D eigenvalue weighted by molar-refractivity contribution is 9.10. The van der Waals surface area contributed by atoms with Crippen molar-refractivity contribution < 1.29 is 17.6 Å². The van der Waals surface area contributed by atoms with Gasteiger partial charge in [0.25, 0.3) is 0 Å². The molecule has 0 fully saturated rings. The van der Waals surface area contributed by atoms with Gasteiger partial charge in [0.1, 0.15) is 15.7 Å². The van der Waals surface area contributed by atoms with Crippen molar-refractivity contribution in [1.82, 2.24) is 5.32 Å². The van der Waals surface area contributed by atoms with E-state index in [1.165, 1.54) is 6.07 Å². The highest BCUT2D eigenvalue weighted by Crippen LogP contribution is 2.15. The van der Waals surface area contributed by atoms with Crippen LogP contribution in [-0.4, -0.2) is 38.9 Å². The molecule has 1 atom stereocenters. The van der Waals surface area contributed by atoms with Gasteiger partial charge in [0.05, 0.1) is 11.8 Å². The standard InChI is InChI=1S/C13H18BrFN2O3S.ClH/c1-21(19,20)7-5-12(16)13(18)17-6-4-9-8-10(14)2-3-11(9)15;/h2-3,8,12H,4-7,16H2,1H3,(H,17,18);1H. The summed E-state index contributed by atoms with van der Waals surface area (Å²) in [4.78, 5) is 11.7. The molecule has 0 aromatic heterocycles. The summed E-state index contributed by atoms with van der Waals surface area (Å²) in [6.45, 7) is 0.235. The predicted octanol–water partition coefficient (Wildman–Crippen LogP) is 1.43. The molecule has 1 amide bonds. The molecule has 9 heteroatoms. The average molecular weight is 418 g/mol. The molecular formula is C13H19BrClFN2O3S. The molecule has 0 saturated heterocycles. The van der Waals surface area contributed by atoms with Gasteiger partial charge in [-0.1, -0.05) is 15.9 Å². The van der Waals surface area contributed by atoms with E-state index in [4.69, 9.17) is 5.73 Å². The molecule has 0 saturated carbocycles. The SMILES string of the molecule is CS(=O)(=O)CCC(N)C(=O)NCCc1cc(Br)ccc1F.Cl. The average Bonchev–Trinajstić information content (AvgIpc) is 2.39. The molecule has 0 aliphatic heterocycles. The van der Waals surface area contributed by atoms with Gasteiger partial charge in [-0.25, -0.2) is 12.8 Å². The van der Waals surface area contributed by atoms with Crippen LogP contribution in [0.25, 0.3) is 0 Å². The number of nitrogens with two attached hydrogens (primary N) is 1. The third kappa shape index (κ3) is 8.07. The molecule has 0 aliphatic carbocycles. The fraction of sp³-hybridized carbons (Fsp3) is 0.462. The Hall–Kier alpha value is -0.700. The van der Waals surface area contributed by atoms with Crippen molar-refractivity contribution in [2.24, 2.45) is 5.73 Å². The maximum absolute atomic E-state index is 13.5. The number of hydrogen-bond donors (Lipinski definition) is 2. The van der Waals surface area contributed by atoms with E-state index in [-0.39, 0.29) is 36.9 Å². The van der Waals surface area contributed by atoms with Crippen LogP contribution < -0.4 is 11.1 Å². The lowest BCUT2D eigenvalue weighted by Crippen LogP contribution is -2.42. The summed E-state index contributed by atoms with van der Waals surface area (Å²) in [5.74, 6) is -0.912. The minimum atomic E-state index is -3.14. The van der Waals surface area contributed by atoms with Gasteiger partial charge in [0, 0.05) is 17.3 Å². The van der Waals surface area contributed by atoms with Crippen molar-refractivity contribution >= 4 is 44.1 Å². The summed E-state index contributed by atoms with van der Waals surface area (Å²) in [5, 5.41) is 2.57. The summed E-state index contributed by atoms with van der Waals surface area (Å²) in [6, 6.07) is 3.70. The van der Waals surface area contributed by atoms with Gasteiger partial charge in [0.15, 0.2) is 0 Å². The molecule has 0 spiro atoms. The molecule has 0 heterocycles. The maximum Gasteiger partial charge on any atom is 0.236 e. The Morgan fingerprint density at radius 3 is 2.68 bits per heavy atom. The van der Waals surface area contributed by atoms with Gasteiger partial charge in [0.2, 0.25) is 5.91 Å². The van der Waals surface area contributed by atoms with Gasteiger partial charge in [-0.3, -0.25) is 4.79 Å². The molecule has 1 rings (SSSR count). The van der Waals surface area contributed by atoms with Gasteiger partial charge in [-0.2, -0.15) is 0 Å². The molecule has 5 nitrogen and oxygen atoms in total. The summed E-state index contributed by atoms with van der Waals surface area (Å²) < 4.78 is 36.2. The Morgan fingerprint density at radius 2 is 2.09 bits per heavy atom. The minimum Gasteiger partial charge on any atom is -0.354 e. The zero-order chi connectivity index (χ0) is 16.0. The van der Waals surface area contributed by atoms with E-state index in [0.29, 0.717) is 12.0 Å². The van der Waals surface area contributed by atoms with E-state index in [0.717, 1.165) is 10.7 Å². The van der Waals surface area contributed by atoms with E-state index < -0.39 is 21.8 Å². The predicted molar refractivity (Wildman–Crippen MR) is 90.4 cm³/mol. The number of nitrogens with one attached hydrogen (secondary N) is 1. The number of amides is 1. The Morgan fingerprint density at radius 1 is 1.45 bits per heavy atom. The van der Waals surface area contributed by atoms with Crippen molar-refractivity contribution in [3.8, 4) is 0 Å². The Kier molecular flexibility index (Phi) is 9.14. The van der Waals surface area contributed by atoms with Gasteiger partial charge in [-0.05, 0) is 36.6 Å². The van der Waals surface area contributed by atoms with Crippen LogP contribution in [0.15, 0.2) is 22.7 Å². The number of halogens is 3. The normalized spacial score (nSPS) is 12.4. The second kappa shape index (κ2) is 9.44. The Balaban J connectivity index is 0.00000441. The van der Waals surface area contributed by atoms with Crippen molar-refractivity contribution in [3.63, 3.8) is 0 Å². The van der Waals surface area contributed by atoms with Crippen molar-refractivity contribution in [1.29, 1.82) is 0 Å². The first-order chi connectivity index (χ1) is 9.69. The Bertz CT molecular complexity index is 613. The monoisotopic (exact) mass is 416 g/mol. The van der Waals surface area contributed by atoms with Crippen LogP contribution in [0.3, 0.4) is 0 Å². The molecule has 22 heavy (non-hydrogen) atoms. The lowest BCUT2D eigenvalue weighted by Gasteiger charge is -2.12. The first-order valence-corrected chi connectivity index (χ1v) is 9.19.